The SMILES string of the molecule is CCOC(=O)OC[C@@H]1C[C@H](O)[C@@H](O)[C@H](Oc2ccccc2Cc2ccc(OC)cc2)O1. The van der Waals surface area contributed by atoms with Gasteiger partial charge in [0.1, 0.15) is 24.2 Å². The van der Waals surface area contributed by atoms with Crippen molar-refractivity contribution < 1.29 is 38.7 Å². The molecule has 0 spiro atoms. The third kappa shape index (κ3) is 6.33. The number of hydrogen-bond acceptors (Lipinski definition) is 8. The molecule has 3 rings (SSSR count). The molecule has 1 fully saturated rings. The Labute approximate surface area is 181 Å². The lowest BCUT2D eigenvalue weighted by molar-refractivity contribution is -0.241. The molecule has 8 nitrogen and oxygen atoms in total. The van der Waals surface area contributed by atoms with Crippen molar-refractivity contribution in [1.82, 2.24) is 0 Å². The van der Waals surface area contributed by atoms with E-state index in [1.54, 1.807) is 20.1 Å². The van der Waals surface area contributed by atoms with Crippen molar-refractivity contribution in [2.45, 2.75) is 44.4 Å². The summed E-state index contributed by atoms with van der Waals surface area (Å²) in [6.45, 7) is 1.75. The Morgan fingerprint density at radius 2 is 1.84 bits per heavy atom. The fourth-order valence-corrected chi connectivity index (χ4v) is 3.29. The number of ether oxygens (including phenoxy) is 5. The van der Waals surface area contributed by atoms with Gasteiger partial charge < -0.3 is 33.9 Å². The maximum atomic E-state index is 11.4. The van der Waals surface area contributed by atoms with Gasteiger partial charge in [0.15, 0.2) is 0 Å². The fourth-order valence-electron chi connectivity index (χ4n) is 3.29. The number of hydrogen-bond donors (Lipinski definition) is 2. The van der Waals surface area contributed by atoms with Gasteiger partial charge in [-0.05, 0) is 36.2 Å². The van der Waals surface area contributed by atoms with Crippen LogP contribution in [-0.2, 0) is 20.6 Å². The van der Waals surface area contributed by atoms with E-state index in [0.29, 0.717) is 12.2 Å². The molecule has 1 aliphatic rings. The Morgan fingerprint density at radius 3 is 2.55 bits per heavy atom. The second kappa shape index (κ2) is 11.0. The van der Waals surface area contributed by atoms with Crippen molar-refractivity contribution in [1.29, 1.82) is 0 Å². The van der Waals surface area contributed by atoms with Crippen LogP contribution in [0.1, 0.15) is 24.5 Å². The maximum Gasteiger partial charge on any atom is 0.508 e. The zero-order chi connectivity index (χ0) is 22.2. The van der Waals surface area contributed by atoms with Crippen LogP contribution in [0.2, 0.25) is 0 Å². The first-order valence-corrected chi connectivity index (χ1v) is 10.2. The molecule has 2 aromatic carbocycles. The zero-order valence-electron chi connectivity index (χ0n) is 17.6. The minimum atomic E-state index is -1.24. The van der Waals surface area contributed by atoms with Crippen LogP contribution in [0.15, 0.2) is 48.5 Å². The smallest absolute Gasteiger partial charge is 0.497 e. The molecule has 0 aromatic heterocycles. The molecule has 0 bridgehead atoms. The van der Waals surface area contributed by atoms with Crippen molar-refractivity contribution in [2.24, 2.45) is 0 Å². The summed E-state index contributed by atoms with van der Waals surface area (Å²) in [5.41, 5.74) is 1.95. The third-order valence-electron chi connectivity index (χ3n) is 4.92. The highest BCUT2D eigenvalue weighted by Crippen LogP contribution is 2.28. The van der Waals surface area contributed by atoms with Gasteiger partial charge in [0.2, 0.25) is 6.29 Å². The lowest BCUT2D eigenvalue weighted by atomic mass is 10.0. The Morgan fingerprint density at radius 1 is 1.10 bits per heavy atom. The van der Waals surface area contributed by atoms with Crippen LogP contribution in [0.3, 0.4) is 0 Å². The second-order valence-corrected chi connectivity index (χ2v) is 7.16. The maximum absolute atomic E-state index is 11.4. The highest BCUT2D eigenvalue weighted by Gasteiger charge is 2.39. The molecular formula is C23H28O8. The number of para-hydroxylation sites is 1. The molecule has 0 aliphatic carbocycles. The van der Waals surface area contributed by atoms with Crippen molar-refractivity contribution in [2.75, 3.05) is 20.3 Å². The molecule has 1 heterocycles. The molecule has 1 saturated heterocycles. The molecule has 2 aromatic rings. The number of aliphatic hydroxyl groups is 2. The molecule has 0 amide bonds. The lowest BCUT2D eigenvalue weighted by Crippen LogP contribution is -2.52. The van der Waals surface area contributed by atoms with E-state index in [2.05, 4.69) is 0 Å². The van der Waals surface area contributed by atoms with Crippen LogP contribution < -0.4 is 9.47 Å². The van der Waals surface area contributed by atoms with Crippen LogP contribution >= 0.6 is 0 Å². The van der Waals surface area contributed by atoms with E-state index in [1.165, 1.54) is 0 Å². The number of methoxy groups -OCH3 is 1. The topological polar surface area (TPSA) is 104 Å². The number of benzene rings is 2. The van der Waals surface area contributed by atoms with Gasteiger partial charge in [-0.3, -0.25) is 0 Å². The lowest BCUT2D eigenvalue weighted by Gasteiger charge is -2.36. The highest BCUT2D eigenvalue weighted by molar-refractivity contribution is 5.59. The van der Waals surface area contributed by atoms with Crippen LogP contribution in [0, 0.1) is 0 Å². The predicted octanol–water partition coefficient (Wildman–Crippen LogP) is 2.67. The zero-order valence-corrected chi connectivity index (χ0v) is 17.6. The van der Waals surface area contributed by atoms with E-state index >= 15 is 0 Å². The van der Waals surface area contributed by atoms with E-state index in [1.807, 2.05) is 42.5 Å². The first kappa shape index (κ1) is 22.9. The molecule has 168 valence electrons. The van der Waals surface area contributed by atoms with Crippen molar-refractivity contribution in [3.05, 3.63) is 59.7 Å². The summed E-state index contributed by atoms with van der Waals surface area (Å²) in [7, 11) is 1.62. The molecule has 0 radical (unpaired) electrons. The Balaban J connectivity index is 1.67. The first-order valence-electron chi connectivity index (χ1n) is 10.2. The largest absolute Gasteiger partial charge is 0.508 e. The number of rotatable bonds is 8. The molecule has 8 heteroatoms. The van der Waals surface area contributed by atoms with Crippen molar-refractivity contribution in [3.8, 4) is 11.5 Å². The molecule has 2 N–H and O–H groups in total. The van der Waals surface area contributed by atoms with Crippen LogP contribution in [0.25, 0.3) is 0 Å². The van der Waals surface area contributed by atoms with Gasteiger partial charge in [-0.2, -0.15) is 0 Å². The normalized spacial score (nSPS) is 23.1. The van der Waals surface area contributed by atoms with Gasteiger partial charge in [-0.25, -0.2) is 4.79 Å². The van der Waals surface area contributed by atoms with Crippen molar-refractivity contribution >= 4 is 6.16 Å². The molecule has 0 unspecified atom stereocenters. The number of aliphatic hydroxyl groups excluding tert-OH is 2. The van der Waals surface area contributed by atoms with Gasteiger partial charge in [-0.15, -0.1) is 0 Å². The van der Waals surface area contributed by atoms with Crippen LogP contribution in [0.4, 0.5) is 4.79 Å². The van der Waals surface area contributed by atoms with E-state index in [9.17, 15) is 15.0 Å². The summed E-state index contributed by atoms with van der Waals surface area (Å²) < 4.78 is 26.6. The van der Waals surface area contributed by atoms with Crippen molar-refractivity contribution in [3.63, 3.8) is 0 Å². The van der Waals surface area contributed by atoms with Gasteiger partial charge in [-0.1, -0.05) is 30.3 Å². The highest BCUT2D eigenvalue weighted by atomic mass is 16.7. The second-order valence-electron chi connectivity index (χ2n) is 7.16. The van der Waals surface area contributed by atoms with E-state index in [4.69, 9.17) is 23.7 Å². The van der Waals surface area contributed by atoms with Crippen LogP contribution in [-0.4, -0.2) is 61.3 Å². The monoisotopic (exact) mass is 432 g/mol. The van der Waals surface area contributed by atoms with E-state index in [-0.39, 0.29) is 19.6 Å². The summed E-state index contributed by atoms with van der Waals surface area (Å²) in [5.74, 6) is 1.30. The summed E-state index contributed by atoms with van der Waals surface area (Å²) in [5, 5.41) is 20.6. The summed E-state index contributed by atoms with van der Waals surface area (Å²) in [6.07, 6.45) is -4.18. The van der Waals surface area contributed by atoms with E-state index < -0.39 is 30.8 Å². The molecule has 0 saturated carbocycles. The summed E-state index contributed by atoms with van der Waals surface area (Å²) in [4.78, 5) is 11.4. The van der Waals surface area contributed by atoms with E-state index in [0.717, 1.165) is 16.9 Å². The first-order chi connectivity index (χ1) is 15.0. The van der Waals surface area contributed by atoms with Gasteiger partial charge >= 0.3 is 6.16 Å². The number of carbonyl (C=O) groups is 1. The number of carbonyl (C=O) groups excluding carboxylic acids is 1. The quantitative estimate of drug-likeness (QED) is 0.614. The minimum Gasteiger partial charge on any atom is -0.497 e. The minimum absolute atomic E-state index is 0.105. The Hall–Kier alpha value is -2.81. The Bertz CT molecular complexity index is 838. The fraction of sp³-hybridized carbons (Fsp3) is 0.435. The van der Waals surface area contributed by atoms with Crippen LogP contribution in [0.5, 0.6) is 11.5 Å². The molecule has 4 atom stereocenters. The molecule has 1 aliphatic heterocycles. The van der Waals surface area contributed by atoms with Gasteiger partial charge in [0.05, 0.1) is 25.9 Å². The third-order valence-corrected chi connectivity index (χ3v) is 4.92. The Kier molecular flexibility index (Phi) is 8.11. The molecule has 31 heavy (non-hydrogen) atoms. The van der Waals surface area contributed by atoms with Gasteiger partial charge in [0.25, 0.3) is 0 Å². The summed E-state index contributed by atoms with van der Waals surface area (Å²) in [6, 6.07) is 15.1. The average molecular weight is 432 g/mol. The standard InChI is InChI=1S/C23H28O8/c1-3-28-23(26)29-14-18-13-19(24)21(25)22(30-18)31-20-7-5-4-6-16(20)12-15-8-10-17(27-2)11-9-15/h4-11,18-19,21-22,24-25H,3,12-14H2,1-2H3/t18-,19-,21+,22-/m0/s1. The average Bonchev–Trinajstić information content (AvgIpc) is 2.77. The predicted molar refractivity (Wildman–Crippen MR) is 111 cm³/mol. The molecular weight excluding hydrogens is 404 g/mol. The van der Waals surface area contributed by atoms with Gasteiger partial charge in [0, 0.05) is 12.8 Å². The summed E-state index contributed by atoms with van der Waals surface area (Å²) >= 11 is 0.